The molecule has 0 atom stereocenters. The van der Waals surface area contributed by atoms with Crippen LogP contribution in [0.3, 0.4) is 0 Å². The van der Waals surface area contributed by atoms with E-state index in [1.54, 1.807) is 58.3 Å². The van der Waals surface area contributed by atoms with Crippen molar-refractivity contribution in [1.82, 2.24) is 0 Å². The summed E-state index contributed by atoms with van der Waals surface area (Å²) in [4.78, 5) is 3.10. The summed E-state index contributed by atoms with van der Waals surface area (Å²) in [5.41, 5.74) is 0.167. The zero-order valence-corrected chi connectivity index (χ0v) is 35.4. The Kier molecular flexibility index (Phi) is 9.95. The molecule has 0 saturated carbocycles. The molecular weight excluding hydrogens is 937 g/mol. The number of furan rings is 2. The molecule has 2 heterocycles. The molecule has 0 N–H and O–H groups in total. The Hall–Kier alpha value is -8.14. The Balaban J connectivity index is 0.994. The number of nitrogens with zero attached hydrogens (tertiary/aromatic N) is 2. The monoisotopic (exact) mass is 964 g/mol. The van der Waals surface area contributed by atoms with Crippen molar-refractivity contribution in [3.63, 3.8) is 0 Å². The maximum absolute atomic E-state index is 13.5. The molecule has 11 rings (SSSR count). The average Bonchev–Trinajstić information content (AvgIpc) is 3.87. The van der Waals surface area contributed by atoms with Crippen LogP contribution in [0.1, 0.15) is 22.3 Å². The number of fused-ring (bicyclic) bond motifs is 9. The van der Waals surface area contributed by atoms with Crippen molar-refractivity contribution < 1.29 is 61.5 Å². The van der Waals surface area contributed by atoms with Gasteiger partial charge in [0.2, 0.25) is 0 Å². The van der Waals surface area contributed by atoms with Crippen LogP contribution in [0.25, 0.3) is 65.4 Å². The molecule has 0 bridgehead atoms. The lowest BCUT2D eigenvalue weighted by atomic mass is 10.0. The van der Waals surface area contributed by atoms with Gasteiger partial charge in [-0.3, -0.25) is 0 Å². The average molecular weight is 965 g/mol. The van der Waals surface area contributed by atoms with E-state index >= 15 is 0 Å². The van der Waals surface area contributed by atoms with E-state index in [4.69, 9.17) is 8.83 Å². The van der Waals surface area contributed by atoms with Crippen molar-refractivity contribution in [3.8, 4) is 0 Å². The highest BCUT2D eigenvalue weighted by atomic mass is 19.4. The van der Waals surface area contributed by atoms with Crippen LogP contribution < -0.4 is 9.80 Å². The highest BCUT2D eigenvalue weighted by molar-refractivity contribution is 6.21. The van der Waals surface area contributed by atoms with Gasteiger partial charge in [-0.2, -0.15) is 52.7 Å². The summed E-state index contributed by atoms with van der Waals surface area (Å²) in [6, 6.07) is 38.9. The summed E-state index contributed by atoms with van der Waals surface area (Å²) in [7, 11) is 0. The molecular formula is C54H28F12N2O2. The van der Waals surface area contributed by atoms with Crippen LogP contribution in [0.5, 0.6) is 0 Å². The van der Waals surface area contributed by atoms with E-state index in [-0.39, 0.29) is 22.7 Å². The van der Waals surface area contributed by atoms with E-state index in [0.29, 0.717) is 44.5 Å². The highest BCUT2D eigenvalue weighted by Crippen LogP contribution is 2.45. The van der Waals surface area contributed by atoms with Crippen LogP contribution in [0.15, 0.2) is 179 Å². The topological polar surface area (TPSA) is 32.8 Å². The zero-order valence-electron chi connectivity index (χ0n) is 35.4. The van der Waals surface area contributed by atoms with Crippen molar-refractivity contribution in [1.29, 1.82) is 0 Å². The first-order valence-corrected chi connectivity index (χ1v) is 21.2. The lowest BCUT2D eigenvalue weighted by Gasteiger charge is -2.26. The van der Waals surface area contributed by atoms with Crippen LogP contribution in [0.4, 0.5) is 86.8 Å². The molecule has 0 fully saturated rings. The van der Waals surface area contributed by atoms with E-state index in [1.165, 1.54) is 48.5 Å². The van der Waals surface area contributed by atoms with Gasteiger partial charge in [0, 0.05) is 55.7 Å². The largest absolute Gasteiger partial charge is 0.452 e. The van der Waals surface area contributed by atoms with Gasteiger partial charge in [-0.1, -0.05) is 12.1 Å². The van der Waals surface area contributed by atoms with E-state index in [2.05, 4.69) is 0 Å². The molecule has 0 aliphatic carbocycles. The van der Waals surface area contributed by atoms with Gasteiger partial charge in [-0.25, -0.2) is 0 Å². The molecule has 2 aromatic heterocycles. The first-order chi connectivity index (χ1) is 33.2. The van der Waals surface area contributed by atoms with Crippen molar-refractivity contribution in [2.24, 2.45) is 0 Å². The van der Waals surface area contributed by atoms with E-state index < -0.39 is 47.0 Å². The van der Waals surface area contributed by atoms with Gasteiger partial charge in [0.25, 0.3) is 0 Å². The van der Waals surface area contributed by atoms with Crippen molar-refractivity contribution >= 4 is 99.5 Å². The Morgan fingerprint density at radius 2 is 0.529 bits per heavy atom. The predicted octanol–water partition coefficient (Wildman–Crippen LogP) is 18.8. The van der Waals surface area contributed by atoms with Crippen LogP contribution in [-0.2, 0) is 24.7 Å². The Labute approximate surface area is 386 Å². The van der Waals surface area contributed by atoms with Crippen LogP contribution in [0, 0.1) is 0 Å². The van der Waals surface area contributed by atoms with Crippen molar-refractivity contribution in [3.05, 3.63) is 192 Å². The maximum atomic E-state index is 13.5. The van der Waals surface area contributed by atoms with Crippen LogP contribution in [-0.4, -0.2) is 0 Å². The molecule has 70 heavy (non-hydrogen) atoms. The zero-order chi connectivity index (χ0) is 49.1. The quantitative estimate of drug-likeness (QED) is 0.156. The smallest absolute Gasteiger partial charge is 0.416 e. The van der Waals surface area contributed by atoms with Gasteiger partial charge >= 0.3 is 24.7 Å². The third-order valence-corrected chi connectivity index (χ3v) is 12.3. The van der Waals surface area contributed by atoms with Gasteiger partial charge in [0.05, 0.1) is 22.3 Å². The molecule has 0 unspecified atom stereocenters. The minimum Gasteiger partial charge on any atom is -0.452 e. The molecule has 4 nitrogen and oxygen atoms in total. The third-order valence-electron chi connectivity index (χ3n) is 12.3. The molecule has 0 aliphatic heterocycles. The molecule has 16 heteroatoms. The van der Waals surface area contributed by atoms with Gasteiger partial charge in [0.1, 0.15) is 11.2 Å². The minimum absolute atomic E-state index is 0.267. The fourth-order valence-electron chi connectivity index (χ4n) is 8.90. The van der Waals surface area contributed by atoms with E-state index in [0.717, 1.165) is 80.8 Å². The SMILES string of the molecule is FC(F)(F)c1ccc(N(c2ccc(C(F)(F)F)cc2)c2ccc3cc4c(cc3c2)oc2c4ccc3c4cc5ccc(N(c6ccc(C(F)(F)F)cc6)c6ccc(C(F)(F)F)cc6)cc5cc4oc32)cc1. The van der Waals surface area contributed by atoms with E-state index in [9.17, 15) is 52.7 Å². The van der Waals surface area contributed by atoms with Gasteiger partial charge in [0.15, 0.2) is 11.2 Å². The molecule has 0 spiro atoms. The van der Waals surface area contributed by atoms with Crippen molar-refractivity contribution in [2.75, 3.05) is 9.80 Å². The number of hydrogen-bond donors (Lipinski definition) is 0. The summed E-state index contributed by atoms with van der Waals surface area (Å²) in [5.74, 6) is 0. The number of benzene rings is 9. The Morgan fingerprint density at radius 3 is 0.800 bits per heavy atom. The van der Waals surface area contributed by atoms with Gasteiger partial charge in [-0.15, -0.1) is 0 Å². The number of anilines is 6. The predicted molar refractivity (Wildman–Crippen MR) is 245 cm³/mol. The number of rotatable bonds is 6. The summed E-state index contributed by atoms with van der Waals surface area (Å²) >= 11 is 0. The lowest BCUT2D eigenvalue weighted by Crippen LogP contribution is -2.12. The number of alkyl halides is 12. The first kappa shape index (κ1) is 44.4. The molecule has 0 amide bonds. The minimum atomic E-state index is -4.61. The molecule has 9 aromatic carbocycles. The van der Waals surface area contributed by atoms with Gasteiger partial charge < -0.3 is 18.6 Å². The fourth-order valence-corrected chi connectivity index (χ4v) is 8.90. The van der Waals surface area contributed by atoms with E-state index in [1.807, 2.05) is 24.3 Å². The molecule has 0 saturated heterocycles. The molecule has 11 aromatic rings. The second kappa shape index (κ2) is 15.7. The molecule has 0 aliphatic rings. The Morgan fingerprint density at radius 1 is 0.257 bits per heavy atom. The van der Waals surface area contributed by atoms with Gasteiger partial charge in [-0.05, 0) is 179 Å². The second-order valence-electron chi connectivity index (χ2n) is 16.6. The number of halogens is 12. The van der Waals surface area contributed by atoms with Crippen LogP contribution in [0.2, 0.25) is 0 Å². The summed E-state index contributed by atoms with van der Waals surface area (Å²) in [6.07, 6.45) is -18.4. The molecule has 0 radical (unpaired) electrons. The molecule has 350 valence electrons. The summed E-state index contributed by atoms with van der Waals surface area (Å²) < 4.78 is 175. The number of hydrogen-bond acceptors (Lipinski definition) is 4. The Bertz CT molecular complexity index is 3450. The van der Waals surface area contributed by atoms with Crippen molar-refractivity contribution in [2.45, 2.75) is 24.7 Å². The maximum Gasteiger partial charge on any atom is 0.416 e. The second-order valence-corrected chi connectivity index (χ2v) is 16.6. The third kappa shape index (κ3) is 7.82. The van der Waals surface area contributed by atoms with Crippen LogP contribution >= 0.6 is 0 Å². The fraction of sp³-hybridized carbons (Fsp3) is 0.0741. The highest BCUT2D eigenvalue weighted by Gasteiger charge is 2.34. The lowest BCUT2D eigenvalue weighted by molar-refractivity contribution is -0.138. The summed E-state index contributed by atoms with van der Waals surface area (Å²) in [6.45, 7) is 0. The first-order valence-electron chi connectivity index (χ1n) is 21.2. The normalized spacial score (nSPS) is 12.9. The standard InChI is InChI=1S/C54H28F12N2O2/c55-51(56,57)33-3-13-37(14-4-33)67(38-15-5-34(6-16-38)52(58,59)60)41-11-1-29-25-45-43-21-22-44-46-26-30-2-12-42(24-32(30)28-48(46)70-50(44)49(43)69-47(45)27-31(29)23-41)68(39-17-7-35(8-18-39)53(61,62)63)40-19-9-36(10-20-40)54(64,65)66/h1-28H. The summed E-state index contributed by atoms with van der Waals surface area (Å²) in [5, 5.41) is 5.73.